The molecular formula is C16H16N2O3. The van der Waals surface area contributed by atoms with Crippen molar-refractivity contribution in [3.63, 3.8) is 0 Å². The number of aromatic carboxylic acids is 1. The van der Waals surface area contributed by atoms with Gasteiger partial charge in [0.25, 0.3) is 0 Å². The lowest BCUT2D eigenvalue weighted by molar-refractivity contribution is -0.119. The smallest absolute Gasteiger partial charge is 0.337 e. The van der Waals surface area contributed by atoms with Crippen LogP contribution in [0.15, 0.2) is 42.7 Å². The van der Waals surface area contributed by atoms with Crippen LogP contribution < -0.4 is 5.32 Å². The van der Waals surface area contributed by atoms with Crippen molar-refractivity contribution in [3.8, 4) is 0 Å². The molecular weight excluding hydrogens is 268 g/mol. The van der Waals surface area contributed by atoms with Gasteiger partial charge in [0.2, 0.25) is 5.91 Å². The second-order valence-corrected chi connectivity index (χ2v) is 4.79. The van der Waals surface area contributed by atoms with Crippen molar-refractivity contribution in [2.24, 2.45) is 0 Å². The molecule has 0 atom stereocenters. The van der Waals surface area contributed by atoms with Gasteiger partial charge in [-0.05, 0) is 29.2 Å². The number of amides is 1. The van der Waals surface area contributed by atoms with Crippen LogP contribution in [0.4, 0.5) is 0 Å². The van der Waals surface area contributed by atoms with Crippen LogP contribution in [0.5, 0.6) is 0 Å². The summed E-state index contributed by atoms with van der Waals surface area (Å²) in [7, 11) is 0. The first-order valence-electron chi connectivity index (χ1n) is 6.54. The number of hydrogen-bond donors (Lipinski definition) is 2. The highest BCUT2D eigenvalue weighted by molar-refractivity contribution is 5.87. The number of rotatable bonds is 5. The molecule has 0 bridgehead atoms. The van der Waals surface area contributed by atoms with E-state index in [1.807, 2.05) is 24.3 Å². The van der Waals surface area contributed by atoms with Crippen molar-refractivity contribution >= 4 is 11.9 Å². The van der Waals surface area contributed by atoms with E-state index in [4.69, 9.17) is 5.11 Å². The summed E-state index contributed by atoms with van der Waals surface area (Å²) in [6.45, 7) is 1.99. The van der Waals surface area contributed by atoms with E-state index in [0.29, 0.717) is 13.0 Å². The summed E-state index contributed by atoms with van der Waals surface area (Å²) in [5.74, 6) is -1.04. The van der Waals surface area contributed by atoms with Crippen LogP contribution in [0, 0.1) is 0 Å². The van der Waals surface area contributed by atoms with E-state index in [1.165, 1.54) is 13.1 Å². The van der Waals surface area contributed by atoms with E-state index in [-0.39, 0.29) is 11.5 Å². The molecule has 0 aliphatic carbocycles. The highest BCUT2D eigenvalue weighted by Gasteiger charge is 2.05. The zero-order valence-corrected chi connectivity index (χ0v) is 11.7. The van der Waals surface area contributed by atoms with Crippen LogP contribution in [-0.4, -0.2) is 22.0 Å². The van der Waals surface area contributed by atoms with Crippen molar-refractivity contribution < 1.29 is 14.7 Å². The van der Waals surface area contributed by atoms with Gasteiger partial charge in [-0.3, -0.25) is 9.78 Å². The summed E-state index contributed by atoms with van der Waals surface area (Å²) in [6.07, 6.45) is 3.62. The number of nitrogens with one attached hydrogen (secondary N) is 1. The monoisotopic (exact) mass is 284 g/mol. The number of carbonyl (C=O) groups is 2. The molecule has 0 fully saturated rings. The molecule has 2 N–H and O–H groups in total. The number of benzene rings is 1. The highest BCUT2D eigenvalue weighted by Crippen LogP contribution is 2.11. The Kier molecular flexibility index (Phi) is 4.66. The van der Waals surface area contributed by atoms with Crippen LogP contribution in [0.25, 0.3) is 0 Å². The molecule has 2 aromatic rings. The number of nitrogens with zero attached hydrogens (tertiary/aromatic N) is 1. The fraction of sp³-hybridized carbons (Fsp3) is 0.188. The Balaban J connectivity index is 2.04. The Labute approximate surface area is 122 Å². The Morgan fingerprint density at radius 2 is 1.76 bits per heavy atom. The average Bonchev–Trinajstić information content (AvgIpc) is 2.47. The van der Waals surface area contributed by atoms with Crippen molar-refractivity contribution in [2.75, 3.05) is 0 Å². The van der Waals surface area contributed by atoms with Gasteiger partial charge in [-0.1, -0.05) is 24.3 Å². The molecule has 0 spiro atoms. The minimum absolute atomic E-state index is 0.0596. The number of aromatic nitrogens is 1. The minimum atomic E-state index is -0.977. The number of carboxylic acid groups (broad SMARTS) is 1. The summed E-state index contributed by atoms with van der Waals surface area (Å²) in [4.78, 5) is 25.7. The maximum Gasteiger partial charge on any atom is 0.337 e. The van der Waals surface area contributed by atoms with Crippen LogP contribution in [0.2, 0.25) is 0 Å². The van der Waals surface area contributed by atoms with Crippen molar-refractivity contribution in [1.82, 2.24) is 10.3 Å². The topological polar surface area (TPSA) is 79.3 Å². The van der Waals surface area contributed by atoms with Gasteiger partial charge in [0.05, 0.1) is 5.56 Å². The third-order valence-electron chi connectivity index (χ3n) is 3.01. The summed E-state index contributed by atoms with van der Waals surface area (Å²) < 4.78 is 0. The maximum absolute atomic E-state index is 10.9. The normalized spacial score (nSPS) is 10.1. The molecule has 0 aliphatic rings. The molecule has 1 amide bonds. The molecule has 0 saturated carbocycles. The predicted octanol–water partition coefficient (Wildman–Crippen LogP) is 2.01. The van der Waals surface area contributed by atoms with E-state index in [0.717, 1.165) is 16.7 Å². The van der Waals surface area contributed by atoms with E-state index in [2.05, 4.69) is 10.3 Å². The summed E-state index contributed by atoms with van der Waals surface area (Å²) in [6, 6.07) is 9.44. The van der Waals surface area contributed by atoms with E-state index in [1.54, 1.807) is 12.3 Å². The van der Waals surface area contributed by atoms with E-state index in [9.17, 15) is 9.59 Å². The summed E-state index contributed by atoms with van der Waals surface area (Å²) in [5.41, 5.74) is 3.12. The van der Waals surface area contributed by atoms with Crippen molar-refractivity contribution in [1.29, 1.82) is 0 Å². The standard InChI is InChI=1S/C16H16N2O3/c1-11(19)18-9-13-4-2-12(3-5-13)6-14-7-15(16(20)21)10-17-8-14/h2-5,7-8,10H,6,9H2,1H3,(H,18,19)(H,20,21). The van der Waals surface area contributed by atoms with Crippen molar-refractivity contribution in [3.05, 3.63) is 65.0 Å². The lowest BCUT2D eigenvalue weighted by Crippen LogP contribution is -2.18. The number of hydrogen-bond acceptors (Lipinski definition) is 3. The Bertz CT molecular complexity index is 651. The van der Waals surface area contributed by atoms with Crippen LogP contribution in [0.3, 0.4) is 0 Å². The predicted molar refractivity (Wildman–Crippen MR) is 78.0 cm³/mol. The van der Waals surface area contributed by atoms with Crippen LogP contribution >= 0.6 is 0 Å². The minimum Gasteiger partial charge on any atom is -0.478 e. The van der Waals surface area contributed by atoms with E-state index < -0.39 is 5.97 Å². The van der Waals surface area contributed by atoms with Gasteiger partial charge in [0.15, 0.2) is 0 Å². The van der Waals surface area contributed by atoms with Crippen LogP contribution in [-0.2, 0) is 17.8 Å². The number of pyridine rings is 1. The number of carbonyl (C=O) groups excluding carboxylic acids is 1. The summed E-state index contributed by atoms with van der Waals surface area (Å²) >= 11 is 0. The molecule has 1 aromatic heterocycles. The van der Waals surface area contributed by atoms with Gasteiger partial charge in [0.1, 0.15) is 0 Å². The Morgan fingerprint density at radius 1 is 1.10 bits per heavy atom. The molecule has 0 saturated heterocycles. The zero-order valence-electron chi connectivity index (χ0n) is 11.7. The van der Waals surface area contributed by atoms with Gasteiger partial charge < -0.3 is 10.4 Å². The molecule has 21 heavy (non-hydrogen) atoms. The molecule has 5 nitrogen and oxygen atoms in total. The highest BCUT2D eigenvalue weighted by atomic mass is 16.4. The fourth-order valence-electron chi connectivity index (χ4n) is 1.94. The SMILES string of the molecule is CC(=O)NCc1ccc(Cc2cncc(C(=O)O)c2)cc1. The fourth-order valence-corrected chi connectivity index (χ4v) is 1.94. The van der Waals surface area contributed by atoms with Crippen molar-refractivity contribution in [2.45, 2.75) is 19.9 Å². The Morgan fingerprint density at radius 3 is 2.38 bits per heavy atom. The molecule has 1 heterocycles. The molecule has 1 aromatic carbocycles. The van der Waals surface area contributed by atoms with Gasteiger partial charge in [-0.2, -0.15) is 0 Å². The molecule has 0 unspecified atom stereocenters. The zero-order chi connectivity index (χ0) is 15.2. The average molecular weight is 284 g/mol. The molecule has 0 aliphatic heterocycles. The molecule has 0 radical (unpaired) electrons. The lowest BCUT2D eigenvalue weighted by atomic mass is 10.0. The quantitative estimate of drug-likeness (QED) is 0.880. The lowest BCUT2D eigenvalue weighted by Gasteiger charge is -2.06. The van der Waals surface area contributed by atoms with E-state index >= 15 is 0 Å². The van der Waals surface area contributed by atoms with Crippen LogP contribution in [0.1, 0.15) is 34.0 Å². The first kappa shape index (κ1) is 14.7. The third-order valence-corrected chi connectivity index (χ3v) is 3.01. The maximum atomic E-state index is 10.9. The number of carboxylic acids is 1. The molecule has 108 valence electrons. The Hall–Kier alpha value is -2.69. The first-order valence-corrected chi connectivity index (χ1v) is 6.54. The third kappa shape index (κ3) is 4.42. The second kappa shape index (κ2) is 6.65. The van der Waals surface area contributed by atoms with Gasteiger partial charge in [-0.25, -0.2) is 4.79 Å². The van der Waals surface area contributed by atoms with Gasteiger partial charge in [0, 0.05) is 25.9 Å². The molecule has 2 rings (SSSR count). The van der Waals surface area contributed by atoms with Gasteiger partial charge in [-0.15, -0.1) is 0 Å². The largest absolute Gasteiger partial charge is 0.478 e. The second-order valence-electron chi connectivity index (χ2n) is 4.79. The summed E-state index contributed by atoms with van der Waals surface area (Å²) in [5, 5.41) is 11.7. The first-order chi connectivity index (χ1) is 10.0. The van der Waals surface area contributed by atoms with Gasteiger partial charge >= 0.3 is 5.97 Å². The molecule has 5 heteroatoms.